The summed E-state index contributed by atoms with van der Waals surface area (Å²) in [6.07, 6.45) is 5.25. The lowest BCUT2D eigenvalue weighted by atomic mass is 9.79. The number of aromatic nitrogens is 2. The highest BCUT2D eigenvalue weighted by atomic mass is 79.9. The summed E-state index contributed by atoms with van der Waals surface area (Å²) in [7, 11) is 0. The number of nitrogens with zero attached hydrogens (tertiary/aromatic N) is 2. The maximum atomic E-state index is 4.31. The Morgan fingerprint density at radius 3 is 2.53 bits per heavy atom. The van der Waals surface area contributed by atoms with Crippen molar-refractivity contribution in [1.82, 2.24) is 9.78 Å². The van der Waals surface area contributed by atoms with Crippen molar-refractivity contribution in [2.24, 2.45) is 11.3 Å². The lowest BCUT2D eigenvalue weighted by Crippen LogP contribution is -2.23. The zero-order valence-electron chi connectivity index (χ0n) is 10.1. The van der Waals surface area contributed by atoms with E-state index in [-0.39, 0.29) is 0 Å². The van der Waals surface area contributed by atoms with Gasteiger partial charge in [-0.3, -0.25) is 4.68 Å². The molecule has 1 aromatic rings. The maximum absolute atomic E-state index is 4.31. The molecule has 1 rings (SSSR count). The molecule has 0 saturated heterocycles. The first kappa shape index (κ1) is 12.8. The summed E-state index contributed by atoms with van der Waals surface area (Å²) in [5.41, 5.74) is 1.69. The summed E-state index contributed by atoms with van der Waals surface area (Å²) in [5.74, 6) is 0.659. The highest BCUT2D eigenvalue weighted by Gasteiger charge is 2.23. The van der Waals surface area contributed by atoms with E-state index in [2.05, 4.69) is 54.9 Å². The predicted molar refractivity (Wildman–Crippen MR) is 68.3 cm³/mol. The van der Waals surface area contributed by atoms with E-state index in [1.807, 2.05) is 10.9 Å². The molecule has 0 bridgehead atoms. The largest absolute Gasteiger partial charge is 0.273 e. The van der Waals surface area contributed by atoms with Crippen LogP contribution in [0.25, 0.3) is 0 Å². The molecule has 2 nitrogen and oxygen atoms in total. The predicted octanol–water partition coefficient (Wildman–Crippen LogP) is 3.50. The Morgan fingerprint density at radius 1 is 1.47 bits per heavy atom. The van der Waals surface area contributed by atoms with Crippen molar-refractivity contribution >= 4 is 15.9 Å². The van der Waals surface area contributed by atoms with Crippen LogP contribution >= 0.6 is 15.9 Å². The fourth-order valence-electron chi connectivity index (χ4n) is 1.56. The van der Waals surface area contributed by atoms with E-state index in [0.29, 0.717) is 11.3 Å². The van der Waals surface area contributed by atoms with Crippen LogP contribution in [0, 0.1) is 11.3 Å². The molecule has 0 aromatic carbocycles. The molecule has 0 amide bonds. The van der Waals surface area contributed by atoms with Gasteiger partial charge in [0.15, 0.2) is 0 Å². The second kappa shape index (κ2) is 5.15. The molecule has 0 saturated carbocycles. The van der Waals surface area contributed by atoms with Crippen molar-refractivity contribution in [2.75, 3.05) is 5.33 Å². The highest BCUT2D eigenvalue weighted by Crippen LogP contribution is 2.30. The molecule has 0 aliphatic rings. The van der Waals surface area contributed by atoms with Gasteiger partial charge < -0.3 is 0 Å². The second-order valence-electron chi connectivity index (χ2n) is 5.13. The van der Waals surface area contributed by atoms with E-state index < -0.39 is 0 Å². The number of hydrogen-bond acceptors (Lipinski definition) is 1. The lowest BCUT2D eigenvalue weighted by molar-refractivity contribution is 0.267. The minimum absolute atomic E-state index is 0.345. The summed E-state index contributed by atoms with van der Waals surface area (Å²) in [4.78, 5) is 0. The van der Waals surface area contributed by atoms with Crippen LogP contribution in [0.4, 0.5) is 0 Å². The molecule has 0 spiro atoms. The maximum Gasteiger partial charge on any atom is 0.0521 e. The molecule has 0 N–H and O–H groups in total. The van der Waals surface area contributed by atoms with Crippen molar-refractivity contribution in [3.05, 3.63) is 18.0 Å². The van der Waals surface area contributed by atoms with Gasteiger partial charge in [0.25, 0.3) is 0 Å². The van der Waals surface area contributed by atoms with E-state index >= 15 is 0 Å². The van der Waals surface area contributed by atoms with E-state index in [4.69, 9.17) is 0 Å². The lowest BCUT2D eigenvalue weighted by Gasteiger charge is -2.28. The minimum Gasteiger partial charge on any atom is -0.273 e. The topological polar surface area (TPSA) is 17.8 Å². The van der Waals surface area contributed by atoms with Crippen LogP contribution < -0.4 is 0 Å². The molecule has 3 heteroatoms. The molecule has 86 valence electrons. The molecular formula is C12H21BrN2. The summed E-state index contributed by atoms with van der Waals surface area (Å²) in [6.45, 7) is 9.95. The summed E-state index contributed by atoms with van der Waals surface area (Å²) < 4.78 is 1.99. The minimum atomic E-state index is 0.345. The van der Waals surface area contributed by atoms with Crippen LogP contribution in [0.15, 0.2) is 12.4 Å². The zero-order chi connectivity index (χ0) is 11.5. The van der Waals surface area contributed by atoms with Gasteiger partial charge in [-0.25, -0.2) is 0 Å². The van der Waals surface area contributed by atoms with Gasteiger partial charge in [-0.2, -0.15) is 5.10 Å². The fourth-order valence-corrected chi connectivity index (χ4v) is 2.76. The number of alkyl halides is 1. The average Bonchev–Trinajstić information content (AvgIpc) is 2.59. The van der Waals surface area contributed by atoms with Gasteiger partial charge in [0.05, 0.1) is 6.20 Å². The van der Waals surface area contributed by atoms with E-state index in [9.17, 15) is 0 Å². The monoisotopic (exact) mass is 272 g/mol. The Kier molecular flexibility index (Phi) is 4.38. The Morgan fingerprint density at radius 2 is 2.13 bits per heavy atom. The van der Waals surface area contributed by atoms with Gasteiger partial charge in [0, 0.05) is 18.1 Å². The van der Waals surface area contributed by atoms with E-state index in [0.717, 1.165) is 18.3 Å². The molecule has 1 heterocycles. The standard InChI is InChI=1S/C12H21BrN2/c1-5-15-9-10(8-14-15)6-11(7-13)12(2,3)4/h8-9,11H,5-7H2,1-4H3. The summed E-state index contributed by atoms with van der Waals surface area (Å²) in [6, 6.07) is 0. The second-order valence-corrected chi connectivity index (χ2v) is 5.77. The van der Waals surface area contributed by atoms with Crippen molar-refractivity contribution in [1.29, 1.82) is 0 Å². The Balaban J connectivity index is 2.67. The van der Waals surface area contributed by atoms with Crippen LogP contribution in [0.5, 0.6) is 0 Å². The Labute approximate surface area is 101 Å². The van der Waals surface area contributed by atoms with Crippen molar-refractivity contribution in [2.45, 2.75) is 40.7 Å². The Hall–Kier alpha value is -0.310. The third-order valence-electron chi connectivity index (χ3n) is 2.90. The van der Waals surface area contributed by atoms with Gasteiger partial charge >= 0.3 is 0 Å². The molecule has 0 radical (unpaired) electrons. The van der Waals surface area contributed by atoms with Gasteiger partial charge in [0.1, 0.15) is 0 Å². The van der Waals surface area contributed by atoms with Crippen LogP contribution in [0.2, 0.25) is 0 Å². The SMILES string of the molecule is CCn1cc(CC(CBr)C(C)(C)C)cn1. The third kappa shape index (κ3) is 3.63. The van der Waals surface area contributed by atoms with Crippen LogP contribution in [0.1, 0.15) is 33.3 Å². The van der Waals surface area contributed by atoms with Gasteiger partial charge in [-0.1, -0.05) is 36.7 Å². The van der Waals surface area contributed by atoms with Crippen LogP contribution in [0.3, 0.4) is 0 Å². The van der Waals surface area contributed by atoms with Gasteiger partial charge in [-0.05, 0) is 30.2 Å². The number of halogens is 1. The van der Waals surface area contributed by atoms with Gasteiger partial charge in [0.2, 0.25) is 0 Å². The number of rotatable bonds is 4. The third-order valence-corrected chi connectivity index (χ3v) is 3.69. The first-order chi connectivity index (χ1) is 6.97. The first-order valence-electron chi connectivity index (χ1n) is 5.54. The number of hydrogen-bond donors (Lipinski definition) is 0. The summed E-state index contributed by atoms with van der Waals surface area (Å²) >= 11 is 3.61. The molecule has 0 fully saturated rings. The highest BCUT2D eigenvalue weighted by molar-refractivity contribution is 9.09. The number of aryl methyl sites for hydroxylation is 1. The van der Waals surface area contributed by atoms with E-state index in [1.165, 1.54) is 5.56 Å². The van der Waals surface area contributed by atoms with Crippen LogP contribution in [-0.4, -0.2) is 15.1 Å². The zero-order valence-corrected chi connectivity index (χ0v) is 11.7. The Bertz CT molecular complexity index is 299. The fraction of sp³-hybridized carbons (Fsp3) is 0.750. The smallest absolute Gasteiger partial charge is 0.0521 e. The van der Waals surface area contributed by atoms with Crippen molar-refractivity contribution in [3.8, 4) is 0 Å². The molecular weight excluding hydrogens is 252 g/mol. The quantitative estimate of drug-likeness (QED) is 0.768. The van der Waals surface area contributed by atoms with Gasteiger partial charge in [-0.15, -0.1) is 0 Å². The molecule has 0 aliphatic carbocycles. The van der Waals surface area contributed by atoms with Crippen molar-refractivity contribution in [3.63, 3.8) is 0 Å². The molecule has 1 atom stereocenters. The molecule has 15 heavy (non-hydrogen) atoms. The molecule has 1 aromatic heterocycles. The molecule has 0 aliphatic heterocycles. The van der Waals surface area contributed by atoms with E-state index in [1.54, 1.807) is 0 Å². The summed E-state index contributed by atoms with van der Waals surface area (Å²) in [5, 5.41) is 5.35. The first-order valence-corrected chi connectivity index (χ1v) is 6.66. The normalized spacial score (nSPS) is 14.2. The molecule has 1 unspecified atom stereocenters. The van der Waals surface area contributed by atoms with Crippen molar-refractivity contribution < 1.29 is 0 Å². The van der Waals surface area contributed by atoms with Crippen LogP contribution in [-0.2, 0) is 13.0 Å². The average molecular weight is 273 g/mol.